The smallest absolute Gasteiger partial charge is 0.407 e. The van der Waals surface area contributed by atoms with Crippen molar-refractivity contribution in [3.8, 4) is 16.9 Å². The van der Waals surface area contributed by atoms with Crippen LogP contribution in [0, 0.1) is 0 Å². The number of ether oxygens (including phenoxy) is 3. The van der Waals surface area contributed by atoms with Crippen molar-refractivity contribution in [3.63, 3.8) is 0 Å². The highest BCUT2D eigenvalue weighted by atomic mass is 16.5. The second-order valence-electron chi connectivity index (χ2n) is 10.2. The van der Waals surface area contributed by atoms with Gasteiger partial charge in [0, 0.05) is 19.1 Å². The van der Waals surface area contributed by atoms with Crippen LogP contribution in [0.15, 0.2) is 72.8 Å². The van der Waals surface area contributed by atoms with E-state index in [4.69, 9.17) is 14.2 Å². The summed E-state index contributed by atoms with van der Waals surface area (Å²) >= 11 is 0. The number of hydrogen-bond acceptors (Lipinski definition) is 4. The molecule has 1 aliphatic rings. The van der Waals surface area contributed by atoms with E-state index >= 15 is 0 Å². The van der Waals surface area contributed by atoms with E-state index < -0.39 is 0 Å². The van der Waals surface area contributed by atoms with E-state index in [1.165, 1.54) is 66.3 Å². The van der Waals surface area contributed by atoms with Crippen LogP contribution in [0.1, 0.15) is 74.5 Å². The Morgan fingerprint density at radius 2 is 1.41 bits per heavy atom. The maximum Gasteiger partial charge on any atom is 0.407 e. The number of carbonyl (C=O) groups is 1. The molecular weight excluding hydrogens is 486 g/mol. The van der Waals surface area contributed by atoms with Gasteiger partial charge in [0.05, 0.1) is 6.61 Å². The van der Waals surface area contributed by atoms with E-state index in [2.05, 4.69) is 60.8 Å². The molecule has 0 radical (unpaired) electrons. The lowest BCUT2D eigenvalue weighted by Gasteiger charge is -2.14. The van der Waals surface area contributed by atoms with Crippen molar-refractivity contribution in [2.75, 3.05) is 33.0 Å². The fraction of sp³-hybridized carbons (Fsp3) is 0.441. The van der Waals surface area contributed by atoms with E-state index in [1.54, 1.807) is 0 Å². The molecule has 0 saturated carbocycles. The van der Waals surface area contributed by atoms with Crippen molar-refractivity contribution in [1.82, 2.24) is 5.32 Å². The maximum absolute atomic E-state index is 12.3. The van der Waals surface area contributed by atoms with Crippen LogP contribution in [-0.2, 0) is 15.9 Å². The van der Waals surface area contributed by atoms with E-state index in [1.807, 2.05) is 24.3 Å². The van der Waals surface area contributed by atoms with Crippen molar-refractivity contribution < 1.29 is 19.0 Å². The number of nitrogens with one attached hydrogen (secondary N) is 1. The molecule has 39 heavy (non-hydrogen) atoms. The molecule has 0 unspecified atom stereocenters. The first-order valence-electron chi connectivity index (χ1n) is 14.6. The van der Waals surface area contributed by atoms with Crippen LogP contribution in [-0.4, -0.2) is 39.1 Å². The predicted molar refractivity (Wildman–Crippen MR) is 158 cm³/mol. The molecule has 0 fully saturated rings. The zero-order valence-corrected chi connectivity index (χ0v) is 23.3. The molecule has 3 aromatic rings. The van der Waals surface area contributed by atoms with E-state index in [0.29, 0.717) is 33.0 Å². The van der Waals surface area contributed by atoms with E-state index in [9.17, 15) is 4.79 Å². The van der Waals surface area contributed by atoms with Gasteiger partial charge in [-0.15, -0.1) is 0 Å². The van der Waals surface area contributed by atoms with Gasteiger partial charge in [-0.25, -0.2) is 4.79 Å². The van der Waals surface area contributed by atoms with Crippen molar-refractivity contribution in [2.45, 2.75) is 64.2 Å². The summed E-state index contributed by atoms with van der Waals surface area (Å²) in [6.07, 6.45) is 9.41. The zero-order valence-electron chi connectivity index (χ0n) is 23.3. The number of hydrogen-bond donors (Lipinski definition) is 1. The molecule has 0 bridgehead atoms. The number of unbranched alkanes of at least 4 members (excludes halogenated alkanes) is 5. The molecule has 0 spiro atoms. The van der Waals surface area contributed by atoms with Gasteiger partial charge < -0.3 is 19.5 Å². The minimum atomic E-state index is -0.389. The van der Waals surface area contributed by atoms with Gasteiger partial charge >= 0.3 is 6.09 Å². The molecule has 0 aliphatic heterocycles. The predicted octanol–water partition coefficient (Wildman–Crippen LogP) is 7.91. The number of carbonyl (C=O) groups excluding carboxylic acids is 1. The third-order valence-electron chi connectivity index (χ3n) is 7.32. The first-order chi connectivity index (χ1) is 19.3. The lowest BCUT2D eigenvalue weighted by Crippen LogP contribution is -2.27. The van der Waals surface area contributed by atoms with Gasteiger partial charge in [0.15, 0.2) is 0 Å². The van der Waals surface area contributed by atoms with Gasteiger partial charge in [-0.1, -0.05) is 99.7 Å². The van der Waals surface area contributed by atoms with Crippen LogP contribution in [0.25, 0.3) is 11.1 Å². The van der Waals surface area contributed by atoms with Crippen LogP contribution in [0.3, 0.4) is 0 Å². The lowest BCUT2D eigenvalue weighted by molar-refractivity contribution is 0.0971. The quantitative estimate of drug-likeness (QED) is 0.181. The minimum Gasteiger partial charge on any atom is -0.491 e. The highest BCUT2D eigenvalue weighted by Crippen LogP contribution is 2.44. The number of fused-ring (bicyclic) bond motifs is 3. The Kier molecular flexibility index (Phi) is 11.7. The highest BCUT2D eigenvalue weighted by Gasteiger charge is 2.28. The van der Waals surface area contributed by atoms with Crippen molar-refractivity contribution >= 4 is 6.09 Å². The van der Waals surface area contributed by atoms with Crippen LogP contribution < -0.4 is 10.1 Å². The van der Waals surface area contributed by atoms with Crippen LogP contribution in [0.2, 0.25) is 0 Å². The first-order valence-corrected chi connectivity index (χ1v) is 14.6. The normalized spacial score (nSPS) is 12.1. The van der Waals surface area contributed by atoms with Gasteiger partial charge in [-0.2, -0.15) is 0 Å². The van der Waals surface area contributed by atoms with Gasteiger partial charge in [0.2, 0.25) is 0 Å². The Morgan fingerprint density at radius 1 is 0.744 bits per heavy atom. The first kappa shape index (κ1) is 28.7. The molecule has 5 heteroatoms. The SMILES string of the molecule is CCCCCCCCc1ccc(OCCOCCCNC(=O)OCC2c3ccccc3-c3ccccc32)cc1. The molecule has 0 saturated heterocycles. The number of amides is 1. The second-order valence-corrected chi connectivity index (χ2v) is 10.2. The largest absolute Gasteiger partial charge is 0.491 e. The van der Waals surface area contributed by atoms with Gasteiger partial charge in [-0.05, 0) is 59.2 Å². The summed E-state index contributed by atoms with van der Waals surface area (Å²) in [5, 5.41) is 2.83. The summed E-state index contributed by atoms with van der Waals surface area (Å²) < 4.78 is 17.0. The summed E-state index contributed by atoms with van der Waals surface area (Å²) in [5.41, 5.74) is 6.25. The standard InChI is InChI=1S/C34H43NO4/c1-2-3-4-5-6-7-13-27-18-20-28(21-19-27)38-25-24-37-23-12-22-35-34(36)39-26-33-31-16-10-8-14-29(31)30-15-9-11-17-32(30)33/h8-11,14-21,33H,2-7,12-13,22-26H2,1H3,(H,35,36). The van der Waals surface area contributed by atoms with Crippen LogP contribution >= 0.6 is 0 Å². The van der Waals surface area contributed by atoms with Crippen molar-refractivity contribution in [1.29, 1.82) is 0 Å². The van der Waals surface area contributed by atoms with E-state index in [-0.39, 0.29) is 12.0 Å². The van der Waals surface area contributed by atoms with Crippen molar-refractivity contribution in [3.05, 3.63) is 89.5 Å². The number of rotatable bonds is 17. The molecule has 0 heterocycles. The molecule has 1 N–H and O–H groups in total. The third kappa shape index (κ3) is 8.86. The van der Waals surface area contributed by atoms with Gasteiger partial charge in [0.25, 0.3) is 0 Å². The van der Waals surface area contributed by atoms with Crippen molar-refractivity contribution in [2.24, 2.45) is 0 Å². The Morgan fingerprint density at radius 3 is 2.13 bits per heavy atom. The summed E-state index contributed by atoms with van der Waals surface area (Å²) in [6, 6.07) is 25.1. The molecule has 5 nitrogen and oxygen atoms in total. The molecule has 1 amide bonds. The fourth-order valence-corrected chi connectivity index (χ4v) is 5.20. The summed E-state index contributed by atoms with van der Waals surface area (Å²) in [5.74, 6) is 0.949. The maximum atomic E-state index is 12.3. The third-order valence-corrected chi connectivity index (χ3v) is 7.32. The summed E-state index contributed by atoms with van der Waals surface area (Å²) in [4.78, 5) is 12.3. The topological polar surface area (TPSA) is 56.8 Å². The van der Waals surface area contributed by atoms with E-state index in [0.717, 1.165) is 18.6 Å². The molecule has 1 aliphatic carbocycles. The summed E-state index contributed by atoms with van der Waals surface area (Å²) in [6.45, 7) is 4.68. The molecule has 4 rings (SSSR count). The molecule has 0 atom stereocenters. The van der Waals surface area contributed by atoms with Gasteiger partial charge in [-0.3, -0.25) is 0 Å². The Bertz CT molecular complexity index is 1100. The second kappa shape index (κ2) is 15.9. The average Bonchev–Trinajstić information content (AvgIpc) is 3.29. The number of aryl methyl sites for hydroxylation is 1. The monoisotopic (exact) mass is 529 g/mol. The Hall–Kier alpha value is -3.31. The number of benzene rings is 3. The molecule has 208 valence electrons. The molecular formula is C34H43NO4. The number of alkyl carbamates (subject to hydrolysis) is 1. The minimum absolute atomic E-state index is 0.0722. The summed E-state index contributed by atoms with van der Waals surface area (Å²) in [7, 11) is 0. The Labute approximate surface area is 233 Å². The van der Waals surface area contributed by atoms with Crippen LogP contribution in [0.5, 0.6) is 5.75 Å². The lowest BCUT2D eigenvalue weighted by atomic mass is 9.98. The zero-order chi connectivity index (χ0) is 27.1. The Balaban J connectivity index is 1.02. The molecule has 0 aromatic heterocycles. The highest BCUT2D eigenvalue weighted by molar-refractivity contribution is 5.79. The van der Waals surface area contributed by atoms with Crippen LogP contribution in [0.4, 0.5) is 4.79 Å². The fourth-order valence-electron chi connectivity index (χ4n) is 5.20. The van der Waals surface area contributed by atoms with Gasteiger partial charge in [0.1, 0.15) is 19.0 Å². The average molecular weight is 530 g/mol. The molecule has 3 aromatic carbocycles.